The van der Waals surface area contributed by atoms with E-state index in [2.05, 4.69) is 5.32 Å². The molecule has 3 aromatic rings. The van der Waals surface area contributed by atoms with Crippen molar-refractivity contribution in [1.82, 2.24) is 4.90 Å². The number of benzene rings is 3. The fraction of sp³-hybridized carbons (Fsp3) is 0.111. The van der Waals surface area contributed by atoms with E-state index in [0.29, 0.717) is 23.4 Å². The molecule has 4 rings (SSSR count). The summed E-state index contributed by atoms with van der Waals surface area (Å²) in [6.07, 6.45) is 0.518. The molecule has 3 aromatic carbocycles. The first kappa shape index (κ1) is 23.9. The molecular weight excluding hydrogens is 468 g/mol. The summed E-state index contributed by atoms with van der Waals surface area (Å²) in [4.78, 5) is 50.2. The number of hydrogen-bond donors (Lipinski definition) is 1. The number of esters is 1. The molecule has 0 saturated heterocycles. The predicted octanol–water partition coefficient (Wildman–Crippen LogP) is 4.58. The minimum absolute atomic E-state index is 0.00869. The SMILES string of the molecule is CC(=O)c1ccc(OC(=O)c2ccc(NC3=C(Cl)C(=O)N(CCc4ccccc4)C3=O)cc2)cc1. The molecule has 1 aliphatic rings. The summed E-state index contributed by atoms with van der Waals surface area (Å²) >= 11 is 6.16. The third-order valence-electron chi connectivity index (χ3n) is 5.44. The van der Waals surface area contributed by atoms with Crippen molar-refractivity contribution in [2.75, 3.05) is 11.9 Å². The van der Waals surface area contributed by atoms with Crippen molar-refractivity contribution in [2.45, 2.75) is 13.3 Å². The molecular formula is C27H21ClN2O5. The quantitative estimate of drug-likeness (QED) is 0.216. The molecule has 0 spiro atoms. The van der Waals surface area contributed by atoms with Gasteiger partial charge in [0.2, 0.25) is 0 Å². The third-order valence-corrected chi connectivity index (χ3v) is 5.79. The fourth-order valence-electron chi connectivity index (χ4n) is 3.50. The van der Waals surface area contributed by atoms with Gasteiger partial charge in [-0.05, 0) is 67.4 Å². The number of imide groups is 1. The maximum Gasteiger partial charge on any atom is 0.343 e. The number of ketones is 1. The Kier molecular flexibility index (Phi) is 7.08. The molecule has 0 bridgehead atoms. The molecule has 1 heterocycles. The zero-order valence-corrected chi connectivity index (χ0v) is 19.5. The normalized spacial score (nSPS) is 13.3. The lowest BCUT2D eigenvalue weighted by Crippen LogP contribution is -2.34. The Morgan fingerprint density at radius 2 is 1.49 bits per heavy atom. The van der Waals surface area contributed by atoms with E-state index in [4.69, 9.17) is 16.3 Å². The molecule has 1 aliphatic heterocycles. The Bertz CT molecular complexity index is 1320. The molecule has 0 unspecified atom stereocenters. The number of amides is 2. The average molecular weight is 489 g/mol. The highest BCUT2D eigenvalue weighted by molar-refractivity contribution is 6.48. The van der Waals surface area contributed by atoms with Crippen LogP contribution in [0.1, 0.15) is 33.2 Å². The molecule has 1 N–H and O–H groups in total. The van der Waals surface area contributed by atoms with Crippen molar-refractivity contribution >= 4 is 40.9 Å². The number of carbonyl (C=O) groups is 4. The number of nitrogens with one attached hydrogen (secondary N) is 1. The predicted molar refractivity (Wildman–Crippen MR) is 131 cm³/mol. The van der Waals surface area contributed by atoms with Crippen molar-refractivity contribution < 1.29 is 23.9 Å². The zero-order chi connectivity index (χ0) is 24.9. The van der Waals surface area contributed by atoms with E-state index in [0.717, 1.165) is 10.5 Å². The number of ether oxygens (including phenoxy) is 1. The third kappa shape index (κ3) is 5.47. The summed E-state index contributed by atoms with van der Waals surface area (Å²) in [5, 5.41) is 2.70. The minimum Gasteiger partial charge on any atom is -0.423 e. The summed E-state index contributed by atoms with van der Waals surface area (Å²) < 4.78 is 5.33. The van der Waals surface area contributed by atoms with Gasteiger partial charge in [-0.15, -0.1) is 0 Å². The summed E-state index contributed by atoms with van der Waals surface area (Å²) in [6.45, 7) is 1.67. The van der Waals surface area contributed by atoms with Crippen LogP contribution in [0, 0.1) is 0 Å². The first-order chi connectivity index (χ1) is 16.8. The summed E-state index contributed by atoms with van der Waals surface area (Å²) in [7, 11) is 0. The van der Waals surface area contributed by atoms with Crippen LogP contribution in [0.5, 0.6) is 5.75 Å². The molecule has 35 heavy (non-hydrogen) atoms. The highest BCUT2D eigenvalue weighted by atomic mass is 35.5. The van der Waals surface area contributed by atoms with E-state index in [-0.39, 0.29) is 28.6 Å². The maximum atomic E-state index is 12.8. The van der Waals surface area contributed by atoms with E-state index in [1.54, 1.807) is 36.4 Å². The van der Waals surface area contributed by atoms with Gasteiger partial charge in [-0.2, -0.15) is 0 Å². The molecule has 0 radical (unpaired) electrons. The van der Waals surface area contributed by atoms with Crippen molar-refractivity contribution in [3.63, 3.8) is 0 Å². The number of Topliss-reactive ketones (excluding diaryl/α,β-unsaturated/α-hetero) is 1. The molecule has 0 saturated carbocycles. The van der Waals surface area contributed by atoms with Gasteiger partial charge >= 0.3 is 5.97 Å². The van der Waals surface area contributed by atoms with Crippen molar-refractivity contribution in [3.05, 3.63) is 106 Å². The lowest BCUT2D eigenvalue weighted by molar-refractivity contribution is -0.137. The van der Waals surface area contributed by atoms with Gasteiger partial charge in [0.25, 0.3) is 11.8 Å². The van der Waals surface area contributed by atoms with Gasteiger partial charge in [0.1, 0.15) is 16.5 Å². The van der Waals surface area contributed by atoms with Crippen LogP contribution in [0.25, 0.3) is 0 Å². The van der Waals surface area contributed by atoms with E-state index in [1.165, 1.54) is 19.1 Å². The van der Waals surface area contributed by atoms with E-state index in [9.17, 15) is 19.2 Å². The second kappa shape index (κ2) is 10.4. The van der Waals surface area contributed by atoms with Crippen LogP contribution in [-0.2, 0) is 16.0 Å². The minimum atomic E-state index is -0.580. The van der Waals surface area contributed by atoms with Gasteiger partial charge in [-0.3, -0.25) is 19.3 Å². The van der Waals surface area contributed by atoms with Crippen molar-refractivity contribution in [1.29, 1.82) is 0 Å². The van der Waals surface area contributed by atoms with Gasteiger partial charge in [0.15, 0.2) is 5.78 Å². The first-order valence-electron chi connectivity index (χ1n) is 10.8. The van der Waals surface area contributed by atoms with Crippen molar-refractivity contribution in [3.8, 4) is 5.75 Å². The molecule has 0 atom stereocenters. The highest BCUT2D eigenvalue weighted by Crippen LogP contribution is 2.26. The van der Waals surface area contributed by atoms with Crippen LogP contribution < -0.4 is 10.1 Å². The second-order valence-corrected chi connectivity index (χ2v) is 8.24. The van der Waals surface area contributed by atoms with E-state index >= 15 is 0 Å². The van der Waals surface area contributed by atoms with Gasteiger partial charge in [0, 0.05) is 17.8 Å². The Hall–Kier alpha value is -4.23. The van der Waals surface area contributed by atoms with Crippen LogP contribution >= 0.6 is 11.6 Å². The lowest BCUT2D eigenvalue weighted by Gasteiger charge is -2.15. The lowest BCUT2D eigenvalue weighted by atomic mass is 10.1. The first-order valence-corrected chi connectivity index (χ1v) is 11.2. The monoisotopic (exact) mass is 488 g/mol. The molecule has 2 amide bonds. The Morgan fingerprint density at radius 1 is 0.857 bits per heavy atom. The van der Waals surface area contributed by atoms with E-state index in [1.807, 2.05) is 30.3 Å². The summed E-state index contributed by atoms with van der Waals surface area (Å²) in [5.74, 6) is -1.41. The van der Waals surface area contributed by atoms with Crippen LogP contribution in [0.15, 0.2) is 89.6 Å². The number of rotatable bonds is 8. The average Bonchev–Trinajstić information content (AvgIpc) is 3.07. The smallest absolute Gasteiger partial charge is 0.343 e. The van der Waals surface area contributed by atoms with Crippen LogP contribution in [-0.4, -0.2) is 35.0 Å². The molecule has 0 aromatic heterocycles. The Balaban J connectivity index is 1.38. The van der Waals surface area contributed by atoms with Gasteiger partial charge in [-0.1, -0.05) is 41.9 Å². The topological polar surface area (TPSA) is 92.8 Å². The summed E-state index contributed by atoms with van der Waals surface area (Å²) in [5.41, 5.74) is 2.27. The van der Waals surface area contributed by atoms with Crippen LogP contribution in [0.3, 0.4) is 0 Å². The maximum absolute atomic E-state index is 12.8. The number of hydrogen-bond acceptors (Lipinski definition) is 6. The van der Waals surface area contributed by atoms with Crippen molar-refractivity contribution in [2.24, 2.45) is 0 Å². The molecule has 8 heteroatoms. The Morgan fingerprint density at radius 3 is 2.11 bits per heavy atom. The fourth-order valence-corrected chi connectivity index (χ4v) is 3.73. The number of nitrogens with zero attached hydrogens (tertiary/aromatic N) is 1. The summed E-state index contributed by atoms with van der Waals surface area (Å²) in [6, 6.07) is 22.0. The number of anilines is 1. The van der Waals surface area contributed by atoms with Crippen LogP contribution in [0.4, 0.5) is 5.69 Å². The Labute approximate surface area is 207 Å². The number of carbonyl (C=O) groups excluding carboxylic acids is 4. The van der Waals surface area contributed by atoms with Crippen LogP contribution in [0.2, 0.25) is 0 Å². The molecule has 0 aliphatic carbocycles. The highest BCUT2D eigenvalue weighted by Gasteiger charge is 2.37. The molecule has 176 valence electrons. The van der Waals surface area contributed by atoms with Gasteiger partial charge in [0.05, 0.1) is 5.56 Å². The van der Waals surface area contributed by atoms with Gasteiger partial charge in [-0.25, -0.2) is 4.79 Å². The second-order valence-electron chi connectivity index (χ2n) is 7.86. The zero-order valence-electron chi connectivity index (χ0n) is 18.8. The number of halogens is 1. The largest absolute Gasteiger partial charge is 0.423 e. The molecule has 0 fully saturated rings. The molecule has 7 nitrogen and oxygen atoms in total. The van der Waals surface area contributed by atoms with Gasteiger partial charge < -0.3 is 10.1 Å². The van der Waals surface area contributed by atoms with E-state index < -0.39 is 17.8 Å². The standard InChI is InChI=1S/C27H21ClN2O5/c1-17(31)19-9-13-22(14-10-19)35-27(34)20-7-11-21(12-8-20)29-24-23(28)25(32)30(26(24)33)16-15-18-5-3-2-4-6-18/h2-14,29H,15-16H2,1H3.